The maximum atomic E-state index is 12.3. The summed E-state index contributed by atoms with van der Waals surface area (Å²) in [7, 11) is 0. The summed E-state index contributed by atoms with van der Waals surface area (Å²) in [5.74, 6) is -0.437. The number of rotatable bonds is 5. The van der Waals surface area contributed by atoms with E-state index in [4.69, 9.17) is 10.5 Å². The summed E-state index contributed by atoms with van der Waals surface area (Å²) in [6.45, 7) is 5.76. The van der Waals surface area contributed by atoms with Gasteiger partial charge in [-0.3, -0.25) is 0 Å². The van der Waals surface area contributed by atoms with Gasteiger partial charge in [0, 0.05) is 31.9 Å². The molecule has 134 valence electrons. The van der Waals surface area contributed by atoms with Crippen molar-refractivity contribution in [2.24, 2.45) is 5.73 Å². The molecule has 9 nitrogen and oxygen atoms in total. The van der Waals surface area contributed by atoms with Gasteiger partial charge in [0.25, 0.3) is 0 Å². The molecule has 0 saturated carbocycles. The fourth-order valence-electron chi connectivity index (χ4n) is 3.06. The van der Waals surface area contributed by atoms with Crippen molar-refractivity contribution in [2.45, 2.75) is 32.9 Å². The molecule has 1 aliphatic heterocycles. The summed E-state index contributed by atoms with van der Waals surface area (Å²) in [5.41, 5.74) is 7.04. The lowest BCUT2D eigenvalue weighted by Crippen LogP contribution is -2.35. The number of nitrogens with zero attached hydrogens (tertiary/aromatic N) is 4. The van der Waals surface area contributed by atoms with Crippen LogP contribution in [0.2, 0.25) is 0 Å². The largest absolute Gasteiger partial charge is 0.462 e. The third kappa shape index (κ3) is 3.21. The number of aryl methyl sites for hydroxylation is 1. The summed E-state index contributed by atoms with van der Waals surface area (Å²) < 4.78 is 6.91. The molecule has 9 heteroatoms. The number of nitrogens with one attached hydrogen (secondary N) is 1. The predicted molar refractivity (Wildman–Crippen MR) is 92.3 cm³/mol. The van der Waals surface area contributed by atoms with E-state index < -0.39 is 12.0 Å². The third-order valence-electron chi connectivity index (χ3n) is 4.31. The molecule has 2 amide bonds. The zero-order chi connectivity index (χ0) is 18.0. The van der Waals surface area contributed by atoms with Crippen molar-refractivity contribution in [2.75, 3.05) is 25.0 Å². The van der Waals surface area contributed by atoms with Crippen molar-refractivity contribution in [3.8, 4) is 0 Å². The molecule has 1 saturated heterocycles. The van der Waals surface area contributed by atoms with E-state index in [1.54, 1.807) is 22.7 Å². The normalized spacial score (nSPS) is 17.0. The van der Waals surface area contributed by atoms with Gasteiger partial charge in [-0.05, 0) is 20.3 Å². The Morgan fingerprint density at radius 1 is 1.40 bits per heavy atom. The molecule has 0 aromatic carbocycles. The summed E-state index contributed by atoms with van der Waals surface area (Å²) in [4.78, 5) is 29.6. The summed E-state index contributed by atoms with van der Waals surface area (Å²) in [6, 6.07) is -0.440. The highest BCUT2D eigenvalue weighted by atomic mass is 16.5. The second-order valence-corrected chi connectivity index (χ2v) is 5.88. The van der Waals surface area contributed by atoms with E-state index in [0.29, 0.717) is 36.5 Å². The number of esters is 1. The Hall–Kier alpha value is -2.84. The minimum atomic E-state index is -0.437. The van der Waals surface area contributed by atoms with Crippen molar-refractivity contribution < 1.29 is 14.3 Å². The summed E-state index contributed by atoms with van der Waals surface area (Å²) in [6.07, 6.45) is 3.95. The molecule has 3 rings (SSSR count). The smallest absolute Gasteiger partial charge is 0.341 e. The highest BCUT2D eigenvalue weighted by Crippen LogP contribution is 2.28. The standard InChI is InChI=1S/C16H22N6O3/c1-3-22-14-11(8-19-22)13(12(7-18-14)15(23)25-4-2)20-10-5-6-21(9-10)16(17)24/h7-8,10H,3-6,9H2,1-2H3,(H2,17,24)(H,18,20)/t10-/m1/s1. The lowest BCUT2D eigenvalue weighted by Gasteiger charge is -2.18. The average Bonchev–Trinajstić information content (AvgIpc) is 3.21. The highest BCUT2D eigenvalue weighted by Gasteiger charge is 2.27. The number of carbonyl (C=O) groups excluding carboxylic acids is 2. The Kier molecular flexibility index (Phi) is 4.73. The molecule has 1 fully saturated rings. The van der Waals surface area contributed by atoms with Crippen molar-refractivity contribution >= 4 is 28.7 Å². The summed E-state index contributed by atoms with van der Waals surface area (Å²) >= 11 is 0. The molecular weight excluding hydrogens is 324 g/mol. The van der Waals surface area contributed by atoms with Crippen LogP contribution in [0.15, 0.2) is 12.4 Å². The van der Waals surface area contributed by atoms with E-state index in [9.17, 15) is 9.59 Å². The first kappa shape index (κ1) is 17.0. The number of urea groups is 1. The highest BCUT2D eigenvalue weighted by molar-refractivity contribution is 6.04. The summed E-state index contributed by atoms with van der Waals surface area (Å²) in [5, 5.41) is 8.44. The molecule has 25 heavy (non-hydrogen) atoms. The van der Waals surface area contributed by atoms with E-state index in [0.717, 1.165) is 11.8 Å². The van der Waals surface area contributed by atoms with Gasteiger partial charge in [0.2, 0.25) is 0 Å². The zero-order valence-electron chi connectivity index (χ0n) is 14.4. The number of anilines is 1. The number of hydrogen-bond acceptors (Lipinski definition) is 6. The number of primary amides is 1. The zero-order valence-corrected chi connectivity index (χ0v) is 14.4. The minimum absolute atomic E-state index is 0.00347. The molecule has 0 aliphatic carbocycles. The Morgan fingerprint density at radius 3 is 2.84 bits per heavy atom. The second-order valence-electron chi connectivity index (χ2n) is 5.88. The number of carbonyl (C=O) groups is 2. The van der Waals surface area contributed by atoms with E-state index >= 15 is 0 Å². The lowest BCUT2D eigenvalue weighted by molar-refractivity contribution is 0.0527. The van der Waals surface area contributed by atoms with Gasteiger partial charge in [-0.2, -0.15) is 5.10 Å². The molecule has 1 atom stereocenters. The second kappa shape index (κ2) is 6.96. The Balaban J connectivity index is 1.98. The van der Waals surface area contributed by atoms with Crippen LogP contribution in [0.4, 0.5) is 10.5 Å². The Morgan fingerprint density at radius 2 is 2.20 bits per heavy atom. The van der Waals surface area contributed by atoms with Gasteiger partial charge >= 0.3 is 12.0 Å². The SMILES string of the molecule is CCOC(=O)c1cnc2c(cnn2CC)c1N[C@@H]1CCN(C(N)=O)C1. The number of pyridine rings is 1. The van der Waals surface area contributed by atoms with Crippen LogP contribution < -0.4 is 11.1 Å². The van der Waals surface area contributed by atoms with Crippen LogP contribution in [0.5, 0.6) is 0 Å². The molecule has 1 aliphatic rings. The maximum absolute atomic E-state index is 12.3. The molecule has 3 heterocycles. The van der Waals surface area contributed by atoms with Gasteiger partial charge < -0.3 is 20.7 Å². The number of likely N-dealkylation sites (tertiary alicyclic amines) is 1. The lowest BCUT2D eigenvalue weighted by atomic mass is 10.1. The Bertz CT molecular complexity index is 803. The minimum Gasteiger partial charge on any atom is -0.462 e. The van der Waals surface area contributed by atoms with Crippen molar-refractivity contribution in [1.82, 2.24) is 19.7 Å². The van der Waals surface area contributed by atoms with Crippen LogP contribution in [0.25, 0.3) is 11.0 Å². The number of nitrogens with two attached hydrogens (primary N) is 1. The molecule has 0 radical (unpaired) electrons. The van der Waals surface area contributed by atoms with Crippen LogP contribution >= 0.6 is 0 Å². The predicted octanol–water partition coefficient (Wildman–Crippen LogP) is 1.19. The van der Waals surface area contributed by atoms with Crippen molar-refractivity contribution in [1.29, 1.82) is 0 Å². The van der Waals surface area contributed by atoms with Gasteiger partial charge in [0.1, 0.15) is 5.56 Å². The van der Waals surface area contributed by atoms with Crippen LogP contribution in [0.1, 0.15) is 30.6 Å². The van der Waals surface area contributed by atoms with Gasteiger partial charge in [0.05, 0.1) is 23.9 Å². The first-order valence-electron chi connectivity index (χ1n) is 8.37. The van der Waals surface area contributed by atoms with Crippen LogP contribution in [0, 0.1) is 0 Å². The number of ether oxygens (including phenoxy) is 1. The first-order valence-corrected chi connectivity index (χ1v) is 8.37. The van der Waals surface area contributed by atoms with Crippen LogP contribution in [0.3, 0.4) is 0 Å². The quantitative estimate of drug-likeness (QED) is 0.786. The number of hydrogen-bond donors (Lipinski definition) is 2. The fraction of sp³-hybridized carbons (Fsp3) is 0.500. The van der Waals surface area contributed by atoms with E-state index in [1.807, 2.05) is 6.92 Å². The topological polar surface area (TPSA) is 115 Å². The van der Waals surface area contributed by atoms with Crippen molar-refractivity contribution in [3.63, 3.8) is 0 Å². The van der Waals surface area contributed by atoms with Gasteiger partial charge in [-0.1, -0.05) is 0 Å². The van der Waals surface area contributed by atoms with E-state index in [1.165, 1.54) is 6.20 Å². The number of amides is 2. The Labute approximate surface area is 145 Å². The van der Waals surface area contributed by atoms with Gasteiger partial charge in [-0.25, -0.2) is 19.3 Å². The molecule has 2 aromatic heterocycles. The number of aromatic nitrogens is 3. The van der Waals surface area contributed by atoms with Crippen molar-refractivity contribution in [3.05, 3.63) is 18.0 Å². The van der Waals surface area contributed by atoms with E-state index in [-0.39, 0.29) is 12.6 Å². The number of fused-ring (bicyclic) bond motifs is 1. The monoisotopic (exact) mass is 346 g/mol. The molecule has 3 N–H and O–H groups in total. The van der Waals surface area contributed by atoms with E-state index in [2.05, 4.69) is 15.4 Å². The fourth-order valence-corrected chi connectivity index (χ4v) is 3.06. The third-order valence-corrected chi connectivity index (χ3v) is 4.31. The maximum Gasteiger partial charge on any atom is 0.341 e. The average molecular weight is 346 g/mol. The van der Waals surface area contributed by atoms with Gasteiger partial charge in [0.15, 0.2) is 5.65 Å². The van der Waals surface area contributed by atoms with Crippen LogP contribution in [-0.4, -0.2) is 57.4 Å². The molecule has 0 spiro atoms. The first-order chi connectivity index (χ1) is 12.0. The molecule has 2 aromatic rings. The van der Waals surface area contributed by atoms with Gasteiger partial charge in [-0.15, -0.1) is 0 Å². The molecule has 0 unspecified atom stereocenters. The van der Waals surface area contributed by atoms with Crippen LogP contribution in [-0.2, 0) is 11.3 Å². The molecule has 0 bridgehead atoms. The molecular formula is C16H22N6O3.